The van der Waals surface area contributed by atoms with Crippen LogP contribution in [-0.4, -0.2) is 18.4 Å². The van der Waals surface area contributed by atoms with Crippen molar-refractivity contribution in [1.82, 2.24) is 0 Å². The van der Waals surface area contributed by atoms with E-state index in [0.717, 1.165) is 0 Å². The van der Waals surface area contributed by atoms with Gasteiger partial charge in [-0.25, -0.2) is 9.18 Å². The number of benzene rings is 1. The van der Waals surface area contributed by atoms with E-state index in [1.54, 1.807) is 20.8 Å². The van der Waals surface area contributed by atoms with Gasteiger partial charge in [0.05, 0.1) is 17.2 Å². The first-order chi connectivity index (χ1) is 7.90. The molecule has 0 aromatic heterocycles. The van der Waals surface area contributed by atoms with Gasteiger partial charge in [-0.05, 0) is 38.0 Å². The summed E-state index contributed by atoms with van der Waals surface area (Å²) in [7, 11) is 0. The first-order valence-electron chi connectivity index (χ1n) is 5.06. The summed E-state index contributed by atoms with van der Waals surface area (Å²) >= 11 is 5.64. The smallest absolute Gasteiger partial charge is 0.379 e. The molecule has 0 heterocycles. The highest BCUT2D eigenvalue weighted by Gasteiger charge is 2.25. The molecule has 0 radical (unpaired) electrons. The SMILES string of the molecule is CCOC(=O)C(=O)c1c(C)c(C)cc(Cl)c1F. The topological polar surface area (TPSA) is 43.4 Å². The minimum absolute atomic E-state index is 0.0603. The summed E-state index contributed by atoms with van der Waals surface area (Å²) in [5.41, 5.74) is 0.724. The zero-order chi connectivity index (χ0) is 13.2. The van der Waals surface area contributed by atoms with E-state index in [1.165, 1.54) is 6.07 Å². The third-order valence-corrected chi connectivity index (χ3v) is 2.70. The van der Waals surface area contributed by atoms with Gasteiger partial charge in [0.15, 0.2) is 5.82 Å². The first-order valence-corrected chi connectivity index (χ1v) is 5.44. The van der Waals surface area contributed by atoms with E-state index >= 15 is 0 Å². The molecule has 1 rings (SSSR count). The summed E-state index contributed by atoms with van der Waals surface area (Å²) in [6.45, 7) is 4.87. The zero-order valence-electron chi connectivity index (χ0n) is 9.77. The van der Waals surface area contributed by atoms with E-state index in [-0.39, 0.29) is 17.2 Å². The Hall–Kier alpha value is -1.42. The highest BCUT2D eigenvalue weighted by atomic mass is 35.5. The van der Waals surface area contributed by atoms with Crippen molar-refractivity contribution in [1.29, 1.82) is 0 Å². The number of ketones is 1. The lowest BCUT2D eigenvalue weighted by Gasteiger charge is -2.10. The molecule has 0 aliphatic carbocycles. The van der Waals surface area contributed by atoms with Crippen LogP contribution in [0, 0.1) is 19.7 Å². The van der Waals surface area contributed by atoms with E-state index in [2.05, 4.69) is 4.74 Å². The maximum absolute atomic E-state index is 13.7. The molecule has 0 N–H and O–H groups in total. The van der Waals surface area contributed by atoms with Crippen LogP contribution in [0.25, 0.3) is 0 Å². The van der Waals surface area contributed by atoms with E-state index < -0.39 is 17.6 Å². The minimum Gasteiger partial charge on any atom is -0.460 e. The maximum atomic E-state index is 13.7. The summed E-state index contributed by atoms with van der Waals surface area (Å²) in [5, 5.41) is -0.180. The normalized spacial score (nSPS) is 10.2. The largest absolute Gasteiger partial charge is 0.460 e. The number of aryl methyl sites for hydroxylation is 1. The molecule has 92 valence electrons. The van der Waals surface area contributed by atoms with E-state index in [0.29, 0.717) is 11.1 Å². The number of carbonyl (C=O) groups excluding carboxylic acids is 2. The number of hydrogen-bond donors (Lipinski definition) is 0. The van der Waals surface area contributed by atoms with Crippen molar-refractivity contribution in [2.45, 2.75) is 20.8 Å². The van der Waals surface area contributed by atoms with Gasteiger partial charge < -0.3 is 4.74 Å². The average Bonchev–Trinajstić information content (AvgIpc) is 2.27. The Kier molecular flexibility index (Phi) is 4.23. The predicted octanol–water partition coefficient (Wildman–Crippen LogP) is 2.84. The van der Waals surface area contributed by atoms with Crippen LogP contribution in [0.1, 0.15) is 28.4 Å². The molecule has 0 fully saturated rings. The molecule has 3 nitrogen and oxygen atoms in total. The highest BCUT2D eigenvalue weighted by Crippen LogP contribution is 2.25. The van der Waals surface area contributed by atoms with E-state index in [9.17, 15) is 14.0 Å². The number of rotatable bonds is 3. The molecule has 0 saturated carbocycles. The first kappa shape index (κ1) is 13.6. The van der Waals surface area contributed by atoms with Crippen molar-refractivity contribution >= 4 is 23.4 Å². The molecule has 0 unspecified atom stereocenters. The molecule has 17 heavy (non-hydrogen) atoms. The summed E-state index contributed by atoms with van der Waals surface area (Å²) in [6.07, 6.45) is 0. The number of ether oxygens (including phenoxy) is 1. The van der Waals surface area contributed by atoms with Crippen molar-refractivity contribution in [3.63, 3.8) is 0 Å². The van der Waals surface area contributed by atoms with Crippen molar-refractivity contribution in [3.05, 3.63) is 33.6 Å². The second-order valence-corrected chi connectivity index (χ2v) is 3.95. The van der Waals surface area contributed by atoms with Crippen molar-refractivity contribution in [2.24, 2.45) is 0 Å². The van der Waals surface area contributed by atoms with Gasteiger partial charge >= 0.3 is 5.97 Å². The van der Waals surface area contributed by atoms with Gasteiger partial charge in [-0.2, -0.15) is 0 Å². The molecule has 0 amide bonds. The Balaban J connectivity index is 3.31. The molecular weight excluding hydrogens is 247 g/mol. The molecule has 1 aromatic carbocycles. The van der Waals surface area contributed by atoms with E-state index in [4.69, 9.17) is 11.6 Å². The highest BCUT2D eigenvalue weighted by molar-refractivity contribution is 6.42. The molecule has 0 aliphatic heterocycles. The van der Waals surface area contributed by atoms with Gasteiger partial charge in [-0.15, -0.1) is 0 Å². The predicted molar refractivity (Wildman–Crippen MR) is 61.8 cm³/mol. The fraction of sp³-hybridized carbons (Fsp3) is 0.333. The Morgan fingerprint density at radius 3 is 2.53 bits per heavy atom. The molecule has 0 atom stereocenters. The standard InChI is InChI=1S/C12H12ClFO3/c1-4-17-12(16)11(15)9-7(3)6(2)5-8(13)10(9)14/h5H,4H2,1-3H3. The lowest BCUT2D eigenvalue weighted by Crippen LogP contribution is -2.20. The maximum Gasteiger partial charge on any atom is 0.379 e. The summed E-state index contributed by atoms with van der Waals surface area (Å²) in [5.74, 6) is -2.96. The minimum atomic E-state index is -1.07. The number of halogens is 2. The van der Waals surface area contributed by atoms with Gasteiger partial charge in [-0.3, -0.25) is 4.79 Å². The second kappa shape index (κ2) is 5.27. The van der Waals surface area contributed by atoms with E-state index in [1.807, 2.05) is 0 Å². The number of hydrogen-bond acceptors (Lipinski definition) is 3. The Morgan fingerprint density at radius 2 is 2.00 bits per heavy atom. The van der Waals surface area contributed by atoms with Crippen LogP contribution in [0.5, 0.6) is 0 Å². The molecule has 0 saturated heterocycles. The van der Waals surface area contributed by atoms with Gasteiger partial charge in [0.1, 0.15) is 0 Å². The molecular formula is C12H12ClFO3. The lowest BCUT2D eigenvalue weighted by molar-refractivity contribution is -0.137. The molecule has 5 heteroatoms. The third-order valence-electron chi connectivity index (χ3n) is 2.43. The third kappa shape index (κ3) is 2.64. The van der Waals surface area contributed by atoms with Gasteiger partial charge in [0, 0.05) is 0 Å². The van der Waals surface area contributed by atoms with Crippen LogP contribution in [0.3, 0.4) is 0 Å². The van der Waals surface area contributed by atoms with Crippen LogP contribution in [0.2, 0.25) is 5.02 Å². The van der Waals surface area contributed by atoms with Crippen LogP contribution >= 0.6 is 11.6 Å². The van der Waals surface area contributed by atoms with Gasteiger partial charge in [-0.1, -0.05) is 11.6 Å². The zero-order valence-corrected chi connectivity index (χ0v) is 10.5. The molecule has 0 bridgehead atoms. The van der Waals surface area contributed by atoms with Crippen LogP contribution < -0.4 is 0 Å². The van der Waals surface area contributed by atoms with Crippen LogP contribution in [-0.2, 0) is 9.53 Å². The van der Waals surface area contributed by atoms with Crippen LogP contribution in [0.15, 0.2) is 6.07 Å². The van der Waals surface area contributed by atoms with Crippen molar-refractivity contribution in [3.8, 4) is 0 Å². The van der Waals surface area contributed by atoms with Crippen molar-refractivity contribution in [2.75, 3.05) is 6.61 Å². The molecule has 0 aliphatic rings. The lowest BCUT2D eigenvalue weighted by atomic mass is 9.99. The van der Waals surface area contributed by atoms with Crippen LogP contribution in [0.4, 0.5) is 4.39 Å². The number of esters is 1. The Bertz CT molecular complexity index is 457. The average molecular weight is 259 g/mol. The second-order valence-electron chi connectivity index (χ2n) is 3.54. The summed E-state index contributed by atoms with van der Waals surface area (Å²) < 4.78 is 18.3. The summed E-state index contributed by atoms with van der Waals surface area (Å²) in [4.78, 5) is 23.0. The van der Waals surface area contributed by atoms with Gasteiger partial charge in [0.2, 0.25) is 0 Å². The fourth-order valence-electron chi connectivity index (χ4n) is 1.41. The Morgan fingerprint density at radius 1 is 1.41 bits per heavy atom. The molecule has 1 aromatic rings. The van der Waals surface area contributed by atoms with Crippen molar-refractivity contribution < 1.29 is 18.7 Å². The summed E-state index contributed by atoms with van der Waals surface area (Å²) in [6, 6.07) is 1.41. The van der Waals surface area contributed by atoms with Gasteiger partial charge in [0.25, 0.3) is 5.78 Å². The number of Topliss-reactive ketones (excluding diaryl/α,β-unsaturated/α-hetero) is 1. The Labute approximate surface area is 104 Å². The monoisotopic (exact) mass is 258 g/mol. The quantitative estimate of drug-likeness (QED) is 0.476. The number of carbonyl (C=O) groups is 2. The molecule has 0 spiro atoms. The fourth-order valence-corrected chi connectivity index (χ4v) is 1.67.